The molecular weight excluding hydrogens is 438 g/mol. The van der Waals surface area contributed by atoms with Gasteiger partial charge in [-0.1, -0.05) is 63.4 Å². The Morgan fingerprint density at radius 2 is 1.82 bits per heavy atom. The van der Waals surface area contributed by atoms with Crippen molar-refractivity contribution in [2.75, 3.05) is 5.73 Å². The third-order valence-corrected chi connectivity index (χ3v) is 6.79. The van der Waals surface area contributed by atoms with Gasteiger partial charge in [-0.15, -0.1) is 0 Å². The van der Waals surface area contributed by atoms with Crippen molar-refractivity contribution in [2.24, 2.45) is 11.7 Å². The van der Waals surface area contributed by atoms with Gasteiger partial charge in [0.25, 0.3) is 11.8 Å². The number of hydrogen-bond donors (Lipinski definition) is 3. The summed E-state index contributed by atoms with van der Waals surface area (Å²) in [5, 5.41) is 3.18. The van der Waals surface area contributed by atoms with Gasteiger partial charge in [-0.25, -0.2) is 0 Å². The first kappa shape index (κ1) is 24.7. The molecule has 0 aliphatic heterocycles. The average Bonchev–Trinajstić information content (AvgIpc) is 3.18. The van der Waals surface area contributed by atoms with Crippen molar-refractivity contribution in [3.63, 3.8) is 0 Å². The van der Waals surface area contributed by atoms with E-state index in [1.165, 1.54) is 6.42 Å². The van der Waals surface area contributed by atoms with Crippen molar-refractivity contribution in [3.05, 3.63) is 46.5 Å². The molecule has 178 valence electrons. The molecule has 0 spiro atoms. The number of carbonyl (C=O) groups is 3. The number of benzene rings is 1. The summed E-state index contributed by atoms with van der Waals surface area (Å²) in [6.45, 7) is 4.29. The van der Waals surface area contributed by atoms with E-state index in [1.807, 2.05) is 44.2 Å². The lowest BCUT2D eigenvalue weighted by atomic mass is 9.94. The summed E-state index contributed by atoms with van der Waals surface area (Å²) in [5.41, 5.74) is 12.1. The molecule has 0 saturated heterocycles. The first-order valence-corrected chi connectivity index (χ1v) is 12.3. The third-order valence-electron chi connectivity index (χ3n) is 5.94. The Hall–Kier alpha value is -2.94. The molecule has 1 heterocycles. The molecule has 1 aliphatic carbocycles. The number of nitrogen functional groups attached to an aromatic ring is 1. The minimum Gasteiger partial charge on any atom is -0.395 e. The van der Waals surface area contributed by atoms with Gasteiger partial charge in [-0.05, 0) is 42.3 Å². The number of primary amides is 1. The summed E-state index contributed by atoms with van der Waals surface area (Å²) in [4.78, 5) is 40.5. The molecule has 0 bridgehead atoms. The van der Waals surface area contributed by atoms with Crippen LogP contribution in [0.15, 0.2) is 30.3 Å². The van der Waals surface area contributed by atoms with Gasteiger partial charge in [-0.3, -0.25) is 14.4 Å². The number of amides is 3. The van der Waals surface area contributed by atoms with E-state index in [2.05, 4.69) is 9.69 Å². The SMILES string of the molecule is CC(C)CC(C(=O)NC1CCCCC1)N(Cc1ccccc1)C(=O)c1snc(C(N)=O)c1N. The van der Waals surface area contributed by atoms with Gasteiger partial charge in [-0.2, -0.15) is 4.37 Å². The standard InChI is InChI=1S/C24H33N5O3S/c1-15(2)13-18(23(31)27-17-11-7-4-8-12-17)29(14-16-9-5-3-6-10-16)24(32)21-19(25)20(22(26)30)28-33-21/h3,5-6,9-10,15,17-18H,4,7-8,11-14,25H2,1-2H3,(H2,26,30)(H,27,31). The molecule has 5 N–H and O–H groups in total. The average molecular weight is 472 g/mol. The molecule has 2 aromatic rings. The number of hydrogen-bond acceptors (Lipinski definition) is 6. The molecule has 1 atom stereocenters. The number of rotatable bonds is 9. The predicted octanol–water partition coefficient (Wildman–Crippen LogP) is 3.33. The van der Waals surface area contributed by atoms with Gasteiger partial charge in [0.05, 0.1) is 5.69 Å². The zero-order chi connectivity index (χ0) is 24.0. The zero-order valence-electron chi connectivity index (χ0n) is 19.3. The maximum Gasteiger partial charge on any atom is 0.270 e. The van der Waals surface area contributed by atoms with Gasteiger partial charge in [0.1, 0.15) is 10.9 Å². The molecule has 1 aliphatic rings. The van der Waals surface area contributed by atoms with E-state index in [0.29, 0.717) is 6.42 Å². The Kier molecular flexibility index (Phi) is 8.43. The Morgan fingerprint density at radius 3 is 2.39 bits per heavy atom. The zero-order valence-corrected chi connectivity index (χ0v) is 20.1. The van der Waals surface area contributed by atoms with Crippen molar-refractivity contribution in [1.29, 1.82) is 0 Å². The summed E-state index contributed by atoms with van der Waals surface area (Å²) in [6.07, 6.45) is 5.79. The molecule has 3 rings (SSSR count). The summed E-state index contributed by atoms with van der Waals surface area (Å²) in [7, 11) is 0. The van der Waals surface area contributed by atoms with Gasteiger partial charge >= 0.3 is 0 Å². The second-order valence-corrected chi connectivity index (χ2v) is 9.82. The van der Waals surface area contributed by atoms with Crippen LogP contribution in [0.25, 0.3) is 0 Å². The number of carbonyl (C=O) groups excluding carboxylic acids is 3. The van der Waals surface area contributed by atoms with E-state index in [1.54, 1.807) is 4.90 Å². The van der Waals surface area contributed by atoms with E-state index in [4.69, 9.17) is 11.5 Å². The second kappa shape index (κ2) is 11.3. The minimum absolute atomic E-state index is 0.0356. The molecule has 0 radical (unpaired) electrons. The van der Waals surface area contributed by atoms with Crippen LogP contribution in [0.1, 0.15) is 78.1 Å². The molecule has 1 aromatic heterocycles. The Bertz CT molecular complexity index is 970. The quantitative estimate of drug-likeness (QED) is 0.516. The summed E-state index contributed by atoms with van der Waals surface area (Å²) >= 11 is 0.836. The molecule has 1 unspecified atom stereocenters. The first-order chi connectivity index (χ1) is 15.8. The lowest BCUT2D eigenvalue weighted by Crippen LogP contribution is -2.52. The first-order valence-electron chi connectivity index (χ1n) is 11.5. The molecule has 1 fully saturated rings. The lowest BCUT2D eigenvalue weighted by molar-refractivity contribution is -0.127. The van der Waals surface area contributed by atoms with Crippen LogP contribution in [0.3, 0.4) is 0 Å². The fourth-order valence-corrected chi connectivity index (χ4v) is 4.99. The highest BCUT2D eigenvalue weighted by Crippen LogP contribution is 2.27. The number of anilines is 1. The molecule has 1 saturated carbocycles. The van der Waals surface area contributed by atoms with E-state index >= 15 is 0 Å². The lowest BCUT2D eigenvalue weighted by Gasteiger charge is -2.34. The Morgan fingerprint density at radius 1 is 1.15 bits per heavy atom. The molecule has 9 heteroatoms. The largest absolute Gasteiger partial charge is 0.395 e. The monoisotopic (exact) mass is 471 g/mol. The maximum atomic E-state index is 13.7. The third kappa shape index (κ3) is 6.31. The molecule has 1 aromatic carbocycles. The van der Waals surface area contributed by atoms with Gasteiger partial charge in [0.15, 0.2) is 5.69 Å². The molecule has 8 nitrogen and oxygen atoms in total. The number of nitrogens with one attached hydrogen (secondary N) is 1. The summed E-state index contributed by atoms with van der Waals surface area (Å²) < 4.78 is 3.98. The number of nitrogens with zero attached hydrogens (tertiary/aromatic N) is 2. The highest BCUT2D eigenvalue weighted by molar-refractivity contribution is 7.09. The van der Waals surface area contributed by atoms with Crippen LogP contribution in [-0.2, 0) is 11.3 Å². The van der Waals surface area contributed by atoms with Crippen LogP contribution >= 0.6 is 11.5 Å². The van der Waals surface area contributed by atoms with Crippen molar-refractivity contribution in [3.8, 4) is 0 Å². The predicted molar refractivity (Wildman–Crippen MR) is 130 cm³/mol. The van der Waals surface area contributed by atoms with Crippen LogP contribution in [0.2, 0.25) is 0 Å². The van der Waals surface area contributed by atoms with Crippen LogP contribution in [0.4, 0.5) is 5.69 Å². The highest BCUT2D eigenvalue weighted by atomic mass is 32.1. The van der Waals surface area contributed by atoms with E-state index in [-0.39, 0.29) is 40.7 Å². The van der Waals surface area contributed by atoms with Crippen molar-refractivity contribution >= 4 is 34.9 Å². The van der Waals surface area contributed by atoms with E-state index in [9.17, 15) is 14.4 Å². The fraction of sp³-hybridized carbons (Fsp3) is 0.500. The van der Waals surface area contributed by atoms with Crippen molar-refractivity contribution in [1.82, 2.24) is 14.6 Å². The normalized spacial score (nSPS) is 15.2. The maximum absolute atomic E-state index is 13.7. The minimum atomic E-state index is -0.786. The van der Waals surface area contributed by atoms with Gasteiger partial charge < -0.3 is 21.7 Å². The van der Waals surface area contributed by atoms with Gasteiger partial charge in [0, 0.05) is 12.6 Å². The van der Waals surface area contributed by atoms with E-state index in [0.717, 1.165) is 42.8 Å². The second-order valence-electron chi connectivity index (χ2n) is 9.05. The molecule has 3 amide bonds. The van der Waals surface area contributed by atoms with Crippen LogP contribution in [0.5, 0.6) is 0 Å². The molecular formula is C24H33N5O3S. The van der Waals surface area contributed by atoms with Crippen LogP contribution in [0, 0.1) is 5.92 Å². The number of nitrogens with two attached hydrogens (primary N) is 2. The number of aromatic nitrogens is 1. The van der Waals surface area contributed by atoms with Crippen molar-refractivity contribution < 1.29 is 14.4 Å². The summed E-state index contributed by atoms with van der Waals surface area (Å²) in [5.74, 6) is -1.19. The highest BCUT2D eigenvalue weighted by Gasteiger charge is 2.35. The Labute approximate surface area is 198 Å². The molecule has 33 heavy (non-hydrogen) atoms. The summed E-state index contributed by atoms with van der Waals surface area (Å²) in [6, 6.07) is 8.96. The Balaban J connectivity index is 1.95. The van der Waals surface area contributed by atoms with Gasteiger partial charge in [0.2, 0.25) is 5.91 Å². The van der Waals surface area contributed by atoms with Crippen LogP contribution in [-0.4, -0.2) is 39.1 Å². The smallest absolute Gasteiger partial charge is 0.270 e. The van der Waals surface area contributed by atoms with Crippen molar-refractivity contribution in [2.45, 2.75) is 71.0 Å². The fourth-order valence-electron chi connectivity index (χ4n) is 4.23. The topological polar surface area (TPSA) is 131 Å². The van der Waals surface area contributed by atoms with E-state index < -0.39 is 17.9 Å². The van der Waals surface area contributed by atoms with Crippen LogP contribution < -0.4 is 16.8 Å².